The molecule has 0 unspecified atom stereocenters. The highest BCUT2D eigenvalue weighted by Crippen LogP contribution is 2.30. The van der Waals surface area contributed by atoms with E-state index in [9.17, 15) is 4.79 Å². The van der Waals surface area contributed by atoms with Gasteiger partial charge in [-0.1, -0.05) is 37.6 Å². The number of nitrogens with one attached hydrogen (secondary N) is 1. The number of carboxylic acids is 1. The molecular weight excluding hydrogens is 252 g/mol. The third kappa shape index (κ3) is 2.24. The van der Waals surface area contributed by atoms with Crippen molar-refractivity contribution in [2.75, 3.05) is 0 Å². The number of hydrogen-bond donors (Lipinski definition) is 2. The zero-order chi connectivity index (χ0) is 13.3. The van der Waals surface area contributed by atoms with E-state index in [4.69, 9.17) is 16.7 Å². The van der Waals surface area contributed by atoms with E-state index in [-0.39, 0.29) is 11.6 Å². The van der Waals surface area contributed by atoms with Gasteiger partial charge in [0.15, 0.2) is 0 Å². The van der Waals surface area contributed by atoms with Crippen LogP contribution in [0.1, 0.15) is 35.8 Å². The van der Waals surface area contributed by atoms with Gasteiger partial charge >= 0.3 is 5.97 Å². The molecular formula is C13H13ClN2O2. The largest absolute Gasteiger partial charge is 0.477 e. The predicted octanol–water partition coefficient (Wildman–Crippen LogP) is 3.55. The summed E-state index contributed by atoms with van der Waals surface area (Å²) in [6.07, 6.45) is 0. The van der Waals surface area contributed by atoms with Crippen molar-refractivity contribution in [3.8, 4) is 11.3 Å². The SMILES string of the molecule is CC(C)c1c(-c2ccc(Cl)cc2)n[nH]c1C(=O)O. The molecule has 5 heteroatoms. The molecule has 1 aromatic carbocycles. The lowest BCUT2D eigenvalue weighted by atomic mass is 9.96. The first kappa shape index (κ1) is 12.6. The van der Waals surface area contributed by atoms with Crippen molar-refractivity contribution in [1.29, 1.82) is 0 Å². The maximum absolute atomic E-state index is 11.1. The van der Waals surface area contributed by atoms with Crippen molar-refractivity contribution in [2.24, 2.45) is 0 Å². The third-order valence-corrected chi connectivity index (χ3v) is 2.96. The molecule has 0 saturated carbocycles. The zero-order valence-corrected chi connectivity index (χ0v) is 10.8. The van der Waals surface area contributed by atoms with Gasteiger partial charge in [0.25, 0.3) is 0 Å². The smallest absolute Gasteiger partial charge is 0.354 e. The number of hydrogen-bond acceptors (Lipinski definition) is 2. The van der Waals surface area contributed by atoms with Gasteiger partial charge in [-0.15, -0.1) is 0 Å². The van der Waals surface area contributed by atoms with Gasteiger partial charge in [-0.05, 0) is 18.1 Å². The van der Waals surface area contributed by atoms with Gasteiger partial charge in [0.2, 0.25) is 0 Å². The van der Waals surface area contributed by atoms with Crippen LogP contribution in [0.5, 0.6) is 0 Å². The van der Waals surface area contributed by atoms with Crippen molar-refractivity contribution in [3.63, 3.8) is 0 Å². The van der Waals surface area contributed by atoms with Crippen molar-refractivity contribution < 1.29 is 9.90 Å². The molecule has 0 aliphatic carbocycles. The molecule has 0 atom stereocenters. The average molecular weight is 265 g/mol. The number of halogens is 1. The van der Waals surface area contributed by atoms with Crippen LogP contribution in [0.15, 0.2) is 24.3 Å². The van der Waals surface area contributed by atoms with Gasteiger partial charge in [-0.2, -0.15) is 5.10 Å². The van der Waals surface area contributed by atoms with Crippen molar-refractivity contribution in [2.45, 2.75) is 19.8 Å². The van der Waals surface area contributed by atoms with E-state index in [0.717, 1.165) is 5.56 Å². The number of aromatic nitrogens is 2. The minimum Gasteiger partial charge on any atom is -0.477 e. The molecule has 0 amide bonds. The van der Waals surface area contributed by atoms with E-state index in [0.29, 0.717) is 16.3 Å². The molecule has 0 bridgehead atoms. The number of benzene rings is 1. The van der Waals surface area contributed by atoms with Crippen LogP contribution in [-0.2, 0) is 0 Å². The molecule has 0 aliphatic heterocycles. The number of aromatic amines is 1. The zero-order valence-electron chi connectivity index (χ0n) is 10.1. The Hall–Kier alpha value is -1.81. The maximum Gasteiger partial charge on any atom is 0.354 e. The number of carboxylic acid groups (broad SMARTS) is 1. The summed E-state index contributed by atoms with van der Waals surface area (Å²) in [6, 6.07) is 7.18. The Morgan fingerprint density at radius 1 is 1.33 bits per heavy atom. The van der Waals surface area contributed by atoms with Gasteiger partial charge in [0.05, 0.1) is 5.69 Å². The lowest BCUT2D eigenvalue weighted by Gasteiger charge is -2.07. The second-order valence-corrected chi connectivity index (χ2v) is 4.76. The van der Waals surface area contributed by atoms with Crippen LogP contribution in [0.25, 0.3) is 11.3 Å². The molecule has 0 spiro atoms. The Labute approximate surface area is 110 Å². The summed E-state index contributed by atoms with van der Waals surface area (Å²) in [5.74, 6) is -0.924. The molecule has 1 aromatic heterocycles. The van der Waals surface area contributed by atoms with Crippen molar-refractivity contribution in [3.05, 3.63) is 40.5 Å². The summed E-state index contributed by atoms with van der Waals surface area (Å²) < 4.78 is 0. The molecule has 1 heterocycles. The van der Waals surface area contributed by atoms with Gasteiger partial charge in [-0.25, -0.2) is 4.79 Å². The fourth-order valence-electron chi connectivity index (χ4n) is 1.90. The first-order chi connectivity index (χ1) is 8.50. The topological polar surface area (TPSA) is 66.0 Å². The minimum atomic E-state index is -0.994. The van der Waals surface area contributed by atoms with Crippen LogP contribution in [0, 0.1) is 0 Å². The Balaban J connectivity index is 2.57. The predicted molar refractivity (Wildman–Crippen MR) is 70.1 cm³/mol. The lowest BCUT2D eigenvalue weighted by Crippen LogP contribution is -2.03. The van der Waals surface area contributed by atoms with Crippen LogP contribution >= 0.6 is 11.6 Å². The molecule has 0 radical (unpaired) electrons. The second kappa shape index (κ2) is 4.82. The summed E-state index contributed by atoms with van der Waals surface area (Å²) in [4.78, 5) is 11.1. The first-order valence-electron chi connectivity index (χ1n) is 5.58. The van der Waals surface area contributed by atoms with Crippen LogP contribution in [0.4, 0.5) is 0 Å². The molecule has 94 valence electrons. The van der Waals surface area contributed by atoms with Crippen LogP contribution < -0.4 is 0 Å². The molecule has 0 saturated heterocycles. The van der Waals surface area contributed by atoms with E-state index in [1.54, 1.807) is 12.1 Å². The van der Waals surface area contributed by atoms with Gasteiger partial charge in [0.1, 0.15) is 5.69 Å². The van der Waals surface area contributed by atoms with Crippen LogP contribution in [0.2, 0.25) is 5.02 Å². The van der Waals surface area contributed by atoms with E-state index in [2.05, 4.69) is 10.2 Å². The first-order valence-corrected chi connectivity index (χ1v) is 5.96. The van der Waals surface area contributed by atoms with Crippen molar-refractivity contribution >= 4 is 17.6 Å². The number of rotatable bonds is 3. The molecule has 0 fully saturated rings. The lowest BCUT2D eigenvalue weighted by molar-refractivity contribution is 0.0689. The summed E-state index contributed by atoms with van der Waals surface area (Å²) >= 11 is 5.83. The highest BCUT2D eigenvalue weighted by molar-refractivity contribution is 6.30. The highest BCUT2D eigenvalue weighted by Gasteiger charge is 2.21. The second-order valence-electron chi connectivity index (χ2n) is 4.33. The fourth-order valence-corrected chi connectivity index (χ4v) is 2.03. The Morgan fingerprint density at radius 3 is 2.44 bits per heavy atom. The van der Waals surface area contributed by atoms with E-state index < -0.39 is 5.97 Å². The van der Waals surface area contributed by atoms with Crippen LogP contribution in [-0.4, -0.2) is 21.3 Å². The maximum atomic E-state index is 11.1. The van der Waals surface area contributed by atoms with Gasteiger partial charge < -0.3 is 5.11 Å². The summed E-state index contributed by atoms with van der Waals surface area (Å²) in [5, 5.41) is 16.5. The summed E-state index contributed by atoms with van der Waals surface area (Å²) in [5.41, 5.74) is 2.38. The quantitative estimate of drug-likeness (QED) is 0.891. The summed E-state index contributed by atoms with van der Waals surface area (Å²) in [6.45, 7) is 3.88. The molecule has 18 heavy (non-hydrogen) atoms. The van der Waals surface area contributed by atoms with E-state index >= 15 is 0 Å². The highest BCUT2D eigenvalue weighted by atomic mass is 35.5. The fraction of sp³-hybridized carbons (Fsp3) is 0.231. The minimum absolute atomic E-state index is 0.0699. The monoisotopic (exact) mass is 264 g/mol. The standard InChI is InChI=1S/C13H13ClN2O2/c1-7(2)10-11(15-16-12(10)13(17)18)8-3-5-9(14)6-4-8/h3-7H,1-2H3,(H,15,16)(H,17,18). The Morgan fingerprint density at radius 2 is 1.94 bits per heavy atom. The Kier molecular flexibility index (Phi) is 3.39. The van der Waals surface area contributed by atoms with Gasteiger partial charge in [-0.3, -0.25) is 5.10 Å². The summed E-state index contributed by atoms with van der Waals surface area (Å²) in [7, 11) is 0. The average Bonchev–Trinajstić information content (AvgIpc) is 2.74. The number of aromatic carboxylic acids is 1. The van der Waals surface area contributed by atoms with Crippen LogP contribution in [0.3, 0.4) is 0 Å². The molecule has 2 aromatic rings. The third-order valence-electron chi connectivity index (χ3n) is 2.71. The number of carbonyl (C=O) groups is 1. The molecule has 2 rings (SSSR count). The Bertz CT molecular complexity index is 573. The molecule has 2 N–H and O–H groups in total. The molecule has 0 aliphatic rings. The normalized spacial score (nSPS) is 10.9. The van der Waals surface area contributed by atoms with E-state index in [1.165, 1.54) is 0 Å². The molecule has 4 nitrogen and oxygen atoms in total. The van der Waals surface area contributed by atoms with Crippen molar-refractivity contribution in [1.82, 2.24) is 10.2 Å². The van der Waals surface area contributed by atoms with Gasteiger partial charge in [0, 0.05) is 16.1 Å². The number of nitrogens with zero attached hydrogens (tertiary/aromatic N) is 1. The van der Waals surface area contributed by atoms with E-state index in [1.807, 2.05) is 26.0 Å². The number of H-pyrrole nitrogens is 1.